The molecule has 0 N–H and O–H groups in total. The van der Waals surface area contributed by atoms with Crippen molar-refractivity contribution < 1.29 is 4.42 Å². The van der Waals surface area contributed by atoms with Gasteiger partial charge in [0, 0.05) is 27.8 Å². The molecule has 2 aliphatic carbocycles. The molecule has 0 atom stereocenters. The van der Waals surface area contributed by atoms with E-state index >= 15 is 0 Å². The number of benzene rings is 12. The molecule has 0 saturated heterocycles. The fourth-order valence-corrected chi connectivity index (χ4v) is 12.3. The minimum Gasteiger partial charge on any atom is -0.456 e. The molecule has 13 aromatic rings. The van der Waals surface area contributed by atoms with E-state index in [9.17, 15) is 0 Å². The molecule has 0 aliphatic heterocycles. The minimum absolute atomic E-state index is 0.451. The highest BCUT2D eigenvalue weighted by Crippen LogP contribution is 2.63. The molecule has 320 valence electrons. The second-order valence-electron chi connectivity index (χ2n) is 18.7. The summed E-state index contributed by atoms with van der Waals surface area (Å²) >= 11 is 0. The Bertz CT molecular complexity index is 4150. The molecule has 69 heavy (non-hydrogen) atoms. The SMILES string of the molecule is c1ccc2c(c1)-c1ccccc1C21c2ccccc2-c2ccc(N(c3ccc(-c4ccc(-c5ccc6c(c5)oc5ccccc56)cc4)cc3)c3ccc4c5ccccc5c5ccccc5c4c3)cc21. The van der Waals surface area contributed by atoms with Crippen molar-refractivity contribution in [3.05, 3.63) is 271 Å². The van der Waals surface area contributed by atoms with Crippen LogP contribution in [0.4, 0.5) is 17.1 Å². The van der Waals surface area contributed by atoms with Gasteiger partial charge in [0.1, 0.15) is 11.2 Å². The highest BCUT2D eigenvalue weighted by Gasteiger charge is 2.51. The molecule has 0 saturated carbocycles. The number of furan rings is 1. The van der Waals surface area contributed by atoms with Crippen LogP contribution < -0.4 is 4.90 Å². The van der Waals surface area contributed by atoms with Crippen LogP contribution >= 0.6 is 0 Å². The van der Waals surface area contributed by atoms with Gasteiger partial charge in [0.2, 0.25) is 0 Å². The Morgan fingerprint density at radius 2 is 0.638 bits per heavy atom. The molecule has 0 radical (unpaired) electrons. The fraction of sp³-hybridized carbons (Fsp3) is 0.0149. The minimum atomic E-state index is -0.451. The number of hydrogen-bond acceptors (Lipinski definition) is 2. The van der Waals surface area contributed by atoms with Gasteiger partial charge in [-0.3, -0.25) is 0 Å². The summed E-state index contributed by atoms with van der Waals surface area (Å²) in [5, 5.41) is 9.86. The van der Waals surface area contributed by atoms with Crippen molar-refractivity contribution in [1.82, 2.24) is 0 Å². The maximum atomic E-state index is 6.24. The van der Waals surface area contributed by atoms with Crippen LogP contribution in [0.3, 0.4) is 0 Å². The molecule has 1 heterocycles. The number of rotatable bonds is 5. The molecule has 0 unspecified atom stereocenters. The highest BCUT2D eigenvalue weighted by atomic mass is 16.3. The third-order valence-electron chi connectivity index (χ3n) is 15.3. The summed E-state index contributed by atoms with van der Waals surface area (Å²) in [6.45, 7) is 0. The molecule has 12 aromatic carbocycles. The van der Waals surface area contributed by atoms with E-state index in [1.807, 2.05) is 12.1 Å². The van der Waals surface area contributed by atoms with Gasteiger partial charge in [-0.2, -0.15) is 0 Å². The van der Waals surface area contributed by atoms with E-state index in [2.05, 4.69) is 241 Å². The summed E-state index contributed by atoms with van der Waals surface area (Å²) in [6.07, 6.45) is 0. The van der Waals surface area contributed by atoms with Crippen molar-refractivity contribution in [3.63, 3.8) is 0 Å². The van der Waals surface area contributed by atoms with Crippen LogP contribution in [0.25, 0.3) is 98.8 Å². The van der Waals surface area contributed by atoms with Crippen LogP contribution in [0.1, 0.15) is 22.3 Å². The van der Waals surface area contributed by atoms with Crippen LogP contribution in [0.15, 0.2) is 253 Å². The van der Waals surface area contributed by atoms with E-state index in [1.165, 1.54) is 82.4 Å². The maximum Gasteiger partial charge on any atom is 0.136 e. The van der Waals surface area contributed by atoms with Gasteiger partial charge >= 0.3 is 0 Å². The van der Waals surface area contributed by atoms with Crippen molar-refractivity contribution in [2.45, 2.75) is 5.41 Å². The second-order valence-corrected chi connectivity index (χ2v) is 18.7. The van der Waals surface area contributed by atoms with E-state index in [-0.39, 0.29) is 0 Å². The number of nitrogens with zero attached hydrogens (tertiary/aromatic N) is 1. The standard InChI is InChI=1S/C67H41NO/c1-2-15-51-49(13-1)50-14-3-4-16-52(50)60-40-47(34-37-53(51)60)68(46-32-29-43(30-33-46)42-25-27-44(28-26-42)45-31-36-59-58-20-8-12-24-65(58)69-66(59)39-45)48-35-38-57-56-19-7-11-23-63(56)67(64(57)41-48)61-21-9-5-17-54(61)55-18-6-10-22-62(55)67/h1-41H. The summed E-state index contributed by atoms with van der Waals surface area (Å²) in [5.41, 5.74) is 19.9. The lowest BCUT2D eigenvalue weighted by Gasteiger charge is -2.32. The molecule has 2 nitrogen and oxygen atoms in total. The van der Waals surface area contributed by atoms with Gasteiger partial charge in [0.25, 0.3) is 0 Å². The van der Waals surface area contributed by atoms with Gasteiger partial charge in [0.15, 0.2) is 0 Å². The predicted molar refractivity (Wildman–Crippen MR) is 288 cm³/mol. The first-order valence-electron chi connectivity index (χ1n) is 23.9. The van der Waals surface area contributed by atoms with Crippen molar-refractivity contribution in [2.75, 3.05) is 4.90 Å². The van der Waals surface area contributed by atoms with Gasteiger partial charge in [0.05, 0.1) is 5.41 Å². The Kier molecular flexibility index (Phi) is 8.02. The largest absolute Gasteiger partial charge is 0.456 e. The summed E-state index contributed by atoms with van der Waals surface area (Å²) in [7, 11) is 0. The number of hydrogen-bond donors (Lipinski definition) is 0. The van der Waals surface area contributed by atoms with Crippen molar-refractivity contribution in [2.24, 2.45) is 0 Å². The first kappa shape index (κ1) is 38.2. The molecule has 0 fully saturated rings. The Labute approximate surface area is 399 Å². The predicted octanol–water partition coefficient (Wildman–Crippen LogP) is 18.2. The average molecular weight is 876 g/mol. The smallest absolute Gasteiger partial charge is 0.136 e. The van der Waals surface area contributed by atoms with Crippen molar-refractivity contribution in [3.8, 4) is 44.5 Å². The molecule has 0 amide bonds. The quantitative estimate of drug-likeness (QED) is 0.160. The van der Waals surface area contributed by atoms with E-state index < -0.39 is 5.41 Å². The van der Waals surface area contributed by atoms with E-state index in [4.69, 9.17) is 4.42 Å². The van der Waals surface area contributed by atoms with Crippen LogP contribution in [0.2, 0.25) is 0 Å². The summed E-state index contributed by atoms with van der Waals surface area (Å²) in [4.78, 5) is 2.47. The lowest BCUT2D eigenvalue weighted by Crippen LogP contribution is -2.26. The molecule has 2 aliphatic rings. The van der Waals surface area contributed by atoms with Crippen LogP contribution in [-0.2, 0) is 5.41 Å². The van der Waals surface area contributed by atoms with Gasteiger partial charge in [-0.1, -0.05) is 194 Å². The fourth-order valence-electron chi connectivity index (χ4n) is 12.3. The van der Waals surface area contributed by atoms with Gasteiger partial charge in [-0.05, 0) is 154 Å². The van der Waals surface area contributed by atoms with Crippen LogP contribution in [-0.4, -0.2) is 0 Å². The third kappa shape index (κ3) is 5.43. The lowest BCUT2D eigenvalue weighted by atomic mass is 9.70. The Hall–Kier alpha value is -8.98. The molecular weight excluding hydrogens is 835 g/mol. The molecule has 1 spiro atoms. The van der Waals surface area contributed by atoms with Crippen LogP contribution in [0.5, 0.6) is 0 Å². The van der Waals surface area contributed by atoms with Gasteiger partial charge in [-0.25, -0.2) is 0 Å². The van der Waals surface area contributed by atoms with Gasteiger partial charge in [-0.15, -0.1) is 0 Å². The highest BCUT2D eigenvalue weighted by molar-refractivity contribution is 6.26. The zero-order chi connectivity index (χ0) is 45.2. The molecule has 0 bridgehead atoms. The number of fused-ring (bicyclic) bond motifs is 19. The van der Waals surface area contributed by atoms with Crippen LogP contribution in [0, 0.1) is 0 Å². The first-order valence-corrected chi connectivity index (χ1v) is 23.9. The summed E-state index contributed by atoms with van der Waals surface area (Å²) in [6, 6.07) is 92.0. The number of para-hydroxylation sites is 1. The maximum absolute atomic E-state index is 6.24. The van der Waals surface area contributed by atoms with Crippen molar-refractivity contribution in [1.29, 1.82) is 0 Å². The monoisotopic (exact) mass is 875 g/mol. The van der Waals surface area contributed by atoms with E-state index in [1.54, 1.807) is 0 Å². The van der Waals surface area contributed by atoms with E-state index in [0.29, 0.717) is 0 Å². The Morgan fingerprint density at radius 1 is 0.246 bits per heavy atom. The zero-order valence-corrected chi connectivity index (χ0v) is 37.5. The molecule has 2 heteroatoms. The summed E-state index contributed by atoms with van der Waals surface area (Å²) in [5.74, 6) is 0. The zero-order valence-electron chi connectivity index (χ0n) is 37.5. The molecular formula is C67H41NO. The Morgan fingerprint density at radius 3 is 1.25 bits per heavy atom. The van der Waals surface area contributed by atoms with Gasteiger partial charge < -0.3 is 9.32 Å². The second kappa shape index (κ2) is 14.5. The topological polar surface area (TPSA) is 16.4 Å². The lowest BCUT2D eigenvalue weighted by molar-refractivity contribution is 0.669. The Balaban J connectivity index is 0.891. The van der Waals surface area contributed by atoms with Crippen molar-refractivity contribution >= 4 is 71.3 Å². The van der Waals surface area contributed by atoms with E-state index in [0.717, 1.165) is 55.7 Å². The molecule has 15 rings (SSSR count). The third-order valence-corrected chi connectivity index (χ3v) is 15.3. The number of anilines is 3. The summed E-state index contributed by atoms with van der Waals surface area (Å²) < 4.78 is 6.24. The molecule has 1 aromatic heterocycles. The average Bonchev–Trinajstić information content (AvgIpc) is 4.05. The first-order chi connectivity index (χ1) is 34.2. The normalized spacial score (nSPS) is 13.0.